The van der Waals surface area contributed by atoms with E-state index < -0.39 is 29.0 Å². The fraction of sp³-hybridized carbons (Fsp3) is 0.500. The third-order valence-corrected chi connectivity index (χ3v) is 4.86. The molecule has 1 aromatic carbocycles. The van der Waals surface area contributed by atoms with E-state index >= 15 is 0 Å². The molecule has 0 radical (unpaired) electrons. The van der Waals surface area contributed by atoms with Gasteiger partial charge in [-0.1, -0.05) is 18.2 Å². The van der Waals surface area contributed by atoms with Gasteiger partial charge in [0.05, 0.1) is 12.1 Å². The summed E-state index contributed by atoms with van der Waals surface area (Å²) in [7, 11) is 0. The van der Waals surface area contributed by atoms with Gasteiger partial charge in [-0.3, -0.25) is 14.6 Å². The number of benzene rings is 1. The van der Waals surface area contributed by atoms with Crippen molar-refractivity contribution in [3.05, 3.63) is 29.8 Å². The van der Waals surface area contributed by atoms with Gasteiger partial charge in [0.25, 0.3) is 0 Å². The quantitative estimate of drug-likeness (QED) is 0.819. The summed E-state index contributed by atoms with van der Waals surface area (Å²) in [5.41, 5.74) is 0.358. The summed E-state index contributed by atoms with van der Waals surface area (Å²) in [6.07, 6.45) is 2.02. The van der Waals surface area contributed by atoms with E-state index in [9.17, 15) is 14.4 Å². The topological polar surface area (TPSA) is 96.3 Å². The zero-order valence-corrected chi connectivity index (χ0v) is 15.8. The van der Waals surface area contributed by atoms with Crippen molar-refractivity contribution >= 4 is 29.7 Å². The van der Waals surface area contributed by atoms with Gasteiger partial charge < -0.3 is 14.7 Å². The summed E-state index contributed by atoms with van der Waals surface area (Å²) < 4.78 is 5.53. The van der Waals surface area contributed by atoms with Gasteiger partial charge in [-0.05, 0) is 38.8 Å². The van der Waals surface area contributed by atoms with E-state index in [1.165, 1.54) is 4.90 Å². The van der Waals surface area contributed by atoms with Crippen molar-refractivity contribution in [2.45, 2.75) is 57.1 Å². The number of fused-ring (bicyclic) bond motifs is 2. The molecule has 144 valence electrons. The Morgan fingerprint density at radius 1 is 1.33 bits per heavy atom. The van der Waals surface area contributed by atoms with E-state index in [1.54, 1.807) is 27.0 Å². The van der Waals surface area contributed by atoms with Crippen LogP contribution in [0.1, 0.15) is 45.6 Å². The molecular weight excluding hydrogens is 348 g/mol. The first-order chi connectivity index (χ1) is 12.6. The molecule has 0 aliphatic carbocycles. The largest absolute Gasteiger partial charge is 0.481 e. The first kappa shape index (κ1) is 19.1. The van der Waals surface area contributed by atoms with Crippen LogP contribution in [0.4, 0.5) is 5.69 Å². The highest BCUT2D eigenvalue weighted by atomic mass is 16.6. The average Bonchev–Trinajstić information content (AvgIpc) is 2.90. The smallest absolute Gasteiger partial charge is 0.329 e. The van der Waals surface area contributed by atoms with E-state index in [2.05, 4.69) is 4.99 Å². The SMILES string of the molecule is CC(C)(C)OC(=O)[C@H]1C[C@]2(C=Nc3ccccc32)CC(=O)N1CCC(=O)O. The van der Waals surface area contributed by atoms with Gasteiger partial charge in [0.1, 0.15) is 11.6 Å². The molecule has 0 saturated carbocycles. The number of hydrogen-bond donors (Lipinski definition) is 1. The summed E-state index contributed by atoms with van der Waals surface area (Å²) in [5.74, 6) is -1.79. The fourth-order valence-corrected chi connectivity index (χ4v) is 3.72. The molecule has 2 aliphatic heterocycles. The first-order valence-electron chi connectivity index (χ1n) is 9.00. The van der Waals surface area contributed by atoms with Crippen LogP contribution in [-0.2, 0) is 24.5 Å². The maximum absolute atomic E-state index is 12.9. The van der Waals surface area contributed by atoms with Crippen molar-refractivity contribution in [3.63, 3.8) is 0 Å². The number of hydrogen-bond acceptors (Lipinski definition) is 5. The van der Waals surface area contributed by atoms with Crippen LogP contribution in [0.2, 0.25) is 0 Å². The minimum atomic E-state index is -1.02. The molecule has 1 aromatic rings. The first-order valence-corrected chi connectivity index (χ1v) is 9.00. The van der Waals surface area contributed by atoms with Gasteiger partial charge in [0.2, 0.25) is 5.91 Å². The Morgan fingerprint density at radius 3 is 2.70 bits per heavy atom. The lowest BCUT2D eigenvalue weighted by Gasteiger charge is -2.43. The summed E-state index contributed by atoms with van der Waals surface area (Å²) in [6.45, 7) is 5.27. The van der Waals surface area contributed by atoms with Crippen LogP contribution >= 0.6 is 0 Å². The van der Waals surface area contributed by atoms with Crippen molar-refractivity contribution in [1.82, 2.24) is 4.90 Å². The van der Waals surface area contributed by atoms with Gasteiger partial charge >= 0.3 is 11.9 Å². The highest BCUT2D eigenvalue weighted by Crippen LogP contribution is 2.45. The van der Waals surface area contributed by atoms with Crippen LogP contribution in [0.25, 0.3) is 0 Å². The predicted octanol–water partition coefficient (Wildman–Crippen LogP) is 2.45. The lowest BCUT2D eigenvalue weighted by atomic mass is 9.71. The van der Waals surface area contributed by atoms with E-state index in [1.807, 2.05) is 24.3 Å². The van der Waals surface area contributed by atoms with Gasteiger partial charge in [-0.25, -0.2) is 4.79 Å². The van der Waals surface area contributed by atoms with E-state index in [-0.39, 0.29) is 25.3 Å². The number of para-hydroxylation sites is 1. The second-order valence-electron chi connectivity index (χ2n) is 8.09. The number of likely N-dealkylation sites (tertiary alicyclic amines) is 1. The average molecular weight is 372 g/mol. The summed E-state index contributed by atoms with van der Waals surface area (Å²) >= 11 is 0. The van der Waals surface area contributed by atoms with Crippen LogP contribution in [0, 0.1) is 0 Å². The van der Waals surface area contributed by atoms with Crippen molar-refractivity contribution in [2.75, 3.05) is 6.54 Å². The van der Waals surface area contributed by atoms with Crippen LogP contribution in [0.5, 0.6) is 0 Å². The highest BCUT2D eigenvalue weighted by molar-refractivity contribution is 5.96. The summed E-state index contributed by atoms with van der Waals surface area (Å²) in [6, 6.07) is 6.73. The standard InChI is InChI=1S/C20H24N2O5/c1-19(2,3)27-18(26)15-10-20(11-16(23)22(15)9-8-17(24)25)12-21-14-7-5-4-6-13(14)20/h4-7,12,15H,8-11H2,1-3H3,(H,24,25)/t15-,20-/m1/s1. The number of rotatable bonds is 4. The van der Waals surface area contributed by atoms with Gasteiger partial charge in [-0.2, -0.15) is 0 Å². The molecule has 1 saturated heterocycles. The van der Waals surface area contributed by atoms with Crippen LogP contribution in [-0.4, -0.2) is 52.3 Å². The number of carbonyl (C=O) groups is 3. The number of amides is 1. The van der Waals surface area contributed by atoms with E-state index in [0.29, 0.717) is 6.42 Å². The van der Waals surface area contributed by atoms with Crippen LogP contribution in [0.15, 0.2) is 29.3 Å². The number of aliphatic carboxylic acids is 1. The van der Waals surface area contributed by atoms with E-state index in [0.717, 1.165) is 11.3 Å². The molecule has 0 aromatic heterocycles. The number of aliphatic imine (C=N–C) groups is 1. The fourth-order valence-electron chi connectivity index (χ4n) is 3.72. The van der Waals surface area contributed by atoms with Crippen molar-refractivity contribution in [2.24, 2.45) is 4.99 Å². The Labute approximate surface area is 158 Å². The molecule has 2 atom stereocenters. The maximum Gasteiger partial charge on any atom is 0.329 e. The Hall–Kier alpha value is -2.70. The van der Waals surface area contributed by atoms with Gasteiger partial charge in [0, 0.05) is 24.6 Å². The maximum atomic E-state index is 12.9. The number of carboxylic acids is 1. The third kappa shape index (κ3) is 3.86. The van der Waals surface area contributed by atoms with Crippen LogP contribution < -0.4 is 0 Å². The Morgan fingerprint density at radius 2 is 2.04 bits per heavy atom. The Kier molecular flexibility index (Phi) is 4.80. The number of nitrogens with zero attached hydrogens (tertiary/aromatic N) is 2. The number of esters is 1. The summed E-state index contributed by atoms with van der Waals surface area (Å²) in [4.78, 5) is 42.6. The zero-order valence-electron chi connectivity index (χ0n) is 15.8. The highest BCUT2D eigenvalue weighted by Gasteiger charge is 2.50. The molecule has 1 spiro atoms. The minimum absolute atomic E-state index is 0.0209. The molecule has 2 heterocycles. The second kappa shape index (κ2) is 6.79. The van der Waals surface area contributed by atoms with Crippen LogP contribution in [0.3, 0.4) is 0 Å². The molecule has 1 fully saturated rings. The molecule has 1 N–H and O–H groups in total. The monoisotopic (exact) mass is 372 g/mol. The number of carboxylic acid groups (broad SMARTS) is 1. The Balaban J connectivity index is 1.94. The normalized spacial score (nSPS) is 24.2. The molecule has 7 heteroatoms. The van der Waals surface area contributed by atoms with E-state index in [4.69, 9.17) is 9.84 Å². The summed E-state index contributed by atoms with van der Waals surface area (Å²) in [5, 5.41) is 9.00. The molecule has 1 amide bonds. The van der Waals surface area contributed by atoms with Crippen molar-refractivity contribution < 1.29 is 24.2 Å². The molecule has 7 nitrogen and oxygen atoms in total. The lowest BCUT2D eigenvalue weighted by molar-refractivity contribution is -0.168. The Bertz CT molecular complexity index is 811. The molecule has 0 unspecified atom stereocenters. The van der Waals surface area contributed by atoms with Crippen molar-refractivity contribution in [1.29, 1.82) is 0 Å². The molecule has 2 aliphatic rings. The number of carbonyl (C=O) groups excluding carboxylic acids is 2. The minimum Gasteiger partial charge on any atom is -0.481 e. The zero-order chi connectivity index (χ0) is 19.8. The van der Waals surface area contributed by atoms with Gasteiger partial charge in [0.15, 0.2) is 0 Å². The molecule has 0 bridgehead atoms. The number of ether oxygens (including phenoxy) is 1. The predicted molar refractivity (Wildman–Crippen MR) is 99.1 cm³/mol. The molecule has 3 rings (SSSR count). The van der Waals surface area contributed by atoms with Crippen molar-refractivity contribution in [3.8, 4) is 0 Å². The molecule has 27 heavy (non-hydrogen) atoms. The number of piperidine rings is 1. The third-order valence-electron chi connectivity index (χ3n) is 4.86. The molecular formula is C20H24N2O5. The lowest BCUT2D eigenvalue weighted by Crippen LogP contribution is -2.57. The second-order valence-corrected chi connectivity index (χ2v) is 8.09. The van der Waals surface area contributed by atoms with Gasteiger partial charge in [-0.15, -0.1) is 0 Å².